The van der Waals surface area contributed by atoms with Gasteiger partial charge in [-0.3, -0.25) is 0 Å². The third-order valence-electron chi connectivity index (χ3n) is 3.21. The van der Waals surface area contributed by atoms with E-state index < -0.39 is 0 Å². The van der Waals surface area contributed by atoms with Crippen LogP contribution in [0.3, 0.4) is 0 Å². The Bertz CT molecular complexity index is 442. The van der Waals surface area contributed by atoms with Gasteiger partial charge in [0.05, 0.1) is 0 Å². The van der Waals surface area contributed by atoms with Crippen molar-refractivity contribution in [3.05, 3.63) is 70.2 Å². The molecular weight excluding hydrogens is 242 g/mol. The Balaban J connectivity index is 2.33. The summed E-state index contributed by atoms with van der Waals surface area (Å²) in [5.74, 6) is 0.355. The zero-order chi connectivity index (χ0) is 13.0. The highest BCUT2D eigenvalue weighted by Crippen LogP contribution is 2.28. The van der Waals surface area contributed by atoms with E-state index in [2.05, 4.69) is 43.3 Å². The van der Waals surface area contributed by atoms with Crippen LogP contribution in [0.5, 0.6) is 0 Å². The van der Waals surface area contributed by atoms with Gasteiger partial charge in [-0.15, -0.1) is 0 Å². The van der Waals surface area contributed by atoms with Gasteiger partial charge in [-0.25, -0.2) is 0 Å². The first kappa shape index (κ1) is 13.1. The fraction of sp³-hybridized carbons (Fsp3) is 0.250. The molecular formula is C16H18ClN. The maximum atomic E-state index is 5.94. The summed E-state index contributed by atoms with van der Waals surface area (Å²) in [5, 5.41) is 0.772. The molecule has 0 aliphatic heterocycles. The Kier molecular flexibility index (Phi) is 4.40. The van der Waals surface area contributed by atoms with Crippen molar-refractivity contribution in [1.82, 2.24) is 0 Å². The molecule has 18 heavy (non-hydrogen) atoms. The van der Waals surface area contributed by atoms with E-state index in [-0.39, 0.29) is 0 Å². The van der Waals surface area contributed by atoms with Crippen molar-refractivity contribution < 1.29 is 0 Å². The Morgan fingerprint density at radius 3 is 1.94 bits per heavy atom. The molecule has 1 unspecified atom stereocenters. The molecule has 0 spiro atoms. The lowest BCUT2D eigenvalue weighted by molar-refractivity contribution is 0.726. The predicted octanol–water partition coefficient (Wildman–Crippen LogP) is 4.13. The zero-order valence-corrected chi connectivity index (χ0v) is 11.3. The molecule has 2 rings (SSSR count). The molecule has 0 aliphatic carbocycles. The van der Waals surface area contributed by atoms with E-state index in [1.807, 2.05) is 12.1 Å². The quantitative estimate of drug-likeness (QED) is 0.878. The molecule has 94 valence electrons. The molecule has 0 amide bonds. The van der Waals surface area contributed by atoms with Gasteiger partial charge in [0.2, 0.25) is 0 Å². The van der Waals surface area contributed by atoms with E-state index in [1.165, 1.54) is 16.7 Å². The van der Waals surface area contributed by atoms with Gasteiger partial charge in [-0.2, -0.15) is 0 Å². The van der Waals surface area contributed by atoms with Gasteiger partial charge in [-0.05, 0) is 43.1 Å². The SMILES string of the molecule is Cc1ccc(C(CCN)c2ccc(Cl)cc2)cc1. The number of halogens is 1. The van der Waals surface area contributed by atoms with Crippen molar-refractivity contribution in [3.8, 4) is 0 Å². The van der Waals surface area contributed by atoms with Crippen LogP contribution in [0.25, 0.3) is 0 Å². The highest BCUT2D eigenvalue weighted by Gasteiger charge is 2.12. The van der Waals surface area contributed by atoms with Gasteiger partial charge in [0.15, 0.2) is 0 Å². The van der Waals surface area contributed by atoms with E-state index in [1.54, 1.807) is 0 Å². The van der Waals surface area contributed by atoms with Gasteiger partial charge in [0, 0.05) is 10.9 Å². The van der Waals surface area contributed by atoms with E-state index in [0.717, 1.165) is 11.4 Å². The molecule has 1 atom stereocenters. The monoisotopic (exact) mass is 259 g/mol. The average molecular weight is 260 g/mol. The lowest BCUT2D eigenvalue weighted by Gasteiger charge is -2.17. The Morgan fingerprint density at radius 1 is 0.944 bits per heavy atom. The van der Waals surface area contributed by atoms with Crippen LogP contribution in [0.1, 0.15) is 29.0 Å². The first-order valence-corrected chi connectivity index (χ1v) is 6.60. The van der Waals surface area contributed by atoms with Crippen molar-refractivity contribution in [2.45, 2.75) is 19.3 Å². The summed E-state index contributed by atoms with van der Waals surface area (Å²) in [6.07, 6.45) is 0.949. The molecule has 2 aromatic carbocycles. The minimum Gasteiger partial charge on any atom is -0.330 e. The Labute approximate surface area is 114 Å². The molecule has 0 aromatic heterocycles. The number of hydrogen-bond acceptors (Lipinski definition) is 1. The molecule has 2 aromatic rings. The summed E-state index contributed by atoms with van der Waals surface area (Å²) in [5.41, 5.74) is 9.60. The standard InChI is InChI=1S/C16H18ClN/c1-12-2-4-13(5-3-12)16(10-11-18)14-6-8-15(17)9-7-14/h2-9,16H,10-11,18H2,1H3. The molecule has 2 heteroatoms. The molecule has 0 saturated carbocycles. The zero-order valence-electron chi connectivity index (χ0n) is 10.6. The fourth-order valence-electron chi connectivity index (χ4n) is 2.19. The average Bonchev–Trinajstić information content (AvgIpc) is 2.39. The summed E-state index contributed by atoms with van der Waals surface area (Å²) in [7, 11) is 0. The first-order chi connectivity index (χ1) is 8.70. The fourth-order valence-corrected chi connectivity index (χ4v) is 2.31. The van der Waals surface area contributed by atoms with Gasteiger partial charge in [0.25, 0.3) is 0 Å². The number of aryl methyl sites for hydroxylation is 1. The highest BCUT2D eigenvalue weighted by molar-refractivity contribution is 6.30. The van der Waals surface area contributed by atoms with Crippen LogP contribution in [-0.4, -0.2) is 6.54 Å². The van der Waals surface area contributed by atoms with E-state index in [9.17, 15) is 0 Å². The molecule has 0 aliphatic rings. The number of rotatable bonds is 4. The molecule has 0 radical (unpaired) electrons. The van der Waals surface area contributed by atoms with Crippen LogP contribution in [-0.2, 0) is 0 Å². The number of nitrogens with two attached hydrogens (primary N) is 1. The molecule has 0 bridgehead atoms. The first-order valence-electron chi connectivity index (χ1n) is 6.23. The summed E-state index contributed by atoms with van der Waals surface area (Å²) in [6, 6.07) is 16.7. The third kappa shape index (κ3) is 3.12. The van der Waals surface area contributed by atoms with Crippen LogP contribution in [0.4, 0.5) is 0 Å². The second-order valence-electron chi connectivity index (χ2n) is 4.59. The summed E-state index contributed by atoms with van der Waals surface area (Å²) in [4.78, 5) is 0. The highest BCUT2D eigenvalue weighted by atomic mass is 35.5. The van der Waals surface area contributed by atoms with Crippen LogP contribution in [0.15, 0.2) is 48.5 Å². The second kappa shape index (κ2) is 6.03. The minimum atomic E-state index is 0.355. The van der Waals surface area contributed by atoms with E-state index in [4.69, 9.17) is 17.3 Å². The van der Waals surface area contributed by atoms with E-state index >= 15 is 0 Å². The predicted molar refractivity (Wildman–Crippen MR) is 78.1 cm³/mol. The number of hydrogen-bond donors (Lipinski definition) is 1. The van der Waals surface area contributed by atoms with Crippen molar-refractivity contribution >= 4 is 11.6 Å². The largest absolute Gasteiger partial charge is 0.330 e. The van der Waals surface area contributed by atoms with Crippen molar-refractivity contribution in [1.29, 1.82) is 0 Å². The van der Waals surface area contributed by atoms with Gasteiger partial charge in [0.1, 0.15) is 0 Å². The molecule has 1 nitrogen and oxygen atoms in total. The summed E-state index contributed by atoms with van der Waals surface area (Å²) < 4.78 is 0. The molecule has 0 saturated heterocycles. The van der Waals surface area contributed by atoms with Crippen molar-refractivity contribution in [3.63, 3.8) is 0 Å². The van der Waals surface area contributed by atoms with E-state index in [0.29, 0.717) is 12.5 Å². The van der Waals surface area contributed by atoms with Crippen LogP contribution < -0.4 is 5.73 Å². The molecule has 0 fully saturated rings. The maximum Gasteiger partial charge on any atom is 0.0406 e. The normalized spacial score (nSPS) is 12.4. The van der Waals surface area contributed by atoms with Crippen molar-refractivity contribution in [2.75, 3.05) is 6.54 Å². The van der Waals surface area contributed by atoms with Crippen LogP contribution in [0.2, 0.25) is 5.02 Å². The number of benzene rings is 2. The maximum absolute atomic E-state index is 5.94. The van der Waals surface area contributed by atoms with Gasteiger partial charge < -0.3 is 5.73 Å². The summed E-state index contributed by atoms with van der Waals surface area (Å²) in [6.45, 7) is 2.78. The lowest BCUT2D eigenvalue weighted by Crippen LogP contribution is -2.08. The molecule has 2 N–H and O–H groups in total. The minimum absolute atomic E-state index is 0.355. The lowest BCUT2D eigenvalue weighted by atomic mass is 9.88. The smallest absolute Gasteiger partial charge is 0.0406 e. The summed E-state index contributed by atoms with van der Waals surface area (Å²) >= 11 is 5.94. The third-order valence-corrected chi connectivity index (χ3v) is 3.46. The Morgan fingerprint density at radius 2 is 1.44 bits per heavy atom. The van der Waals surface area contributed by atoms with Gasteiger partial charge in [-0.1, -0.05) is 53.6 Å². The van der Waals surface area contributed by atoms with Crippen LogP contribution in [0, 0.1) is 6.92 Å². The molecule has 0 heterocycles. The topological polar surface area (TPSA) is 26.0 Å². The Hall–Kier alpha value is -1.31. The van der Waals surface area contributed by atoms with Crippen molar-refractivity contribution in [2.24, 2.45) is 5.73 Å². The second-order valence-corrected chi connectivity index (χ2v) is 5.03. The van der Waals surface area contributed by atoms with Crippen LogP contribution >= 0.6 is 11.6 Å². The van der Waals surface area contributed by atoms with Gasteiger partial charge >= 0.3 is 0 Å².